The minimum atomic E-state index is 0.381. The molecule has 2 N–H and O–H groups in total. The van der Waals surface area contributed by atoms with Crippen molar-refractivity contribution in [3.8, 4) is 0 Å². The van der Waals surface area contributed by atoms with Crippen molar-refractivity contribution in [2.45, 2.75) is 31.9 Å². The van der Waals surface area contributed by atoms with E-state index in [1.165, 1.54) is 5.75 Å². The average molecular weight is 254 g/mol. The van der Waals surface area contributed by atoms with Crippen LogP contribution in [0.3, 0.4) is 0 Å². The molecule has 1 aromatic rings. The predicted molar refractivity (Wildman–Crippen MR) is 75.8 cm³/mol. The first-order valence-electron chi connectivity index (χ1n) is 6.19. The molecule has 0 radical (unpaired) electrons. The van der Waals surface area contributed by atoms with Crippen LogP contribution in [0.5, 0.6) is 0 Å². The van der Waals surface area contributed by atoms with Gasteiger partial charge in [0.15, 0.2) is 0 Å². The maximum absolute atomic E-state index is 6.25. The highest BCUT2D eigenvalue weighted by Crippen LogP contribution is 2.33. The Morgan fingerprint density at radius 2 is 2.18 bits per heavy atom. The Hall–Kier alpha value is -0.840. The zero-order valence-electron chi connectivity index (χ0n) is 11.1. The number of anilines is 2. The van der Waals surface area contributed by atoms with Gasteiger partial charge in [0.05, 0.1) is 11.4 Å². The van der Waals surface area contributed by atoms with E-state index < -0.39 is 0 Å². The second-order valence-electron chi connectivity index (χ2n) is 5.03. The van der Waals surface area contributed by atoms with Gasteiger partial charge in [-0.15, -0.1) is 0 Å². The number of nitrogen functional groups attached to an aromatic ring is 1. The summed E-state index contributed by atoms with van der Waals surface area (Å²) >= 11 is 2.03. The molecule has 2 rings (SSSR count). The third-order valence-corrected chi connectivity index (χ3v) is 4.30. The lowest BCUT2D eigenvalue weighted by Crippen LogP contribution is -2.38. The van der Waals surface area contributed by atoms with Crippen molar-refractivity contribution in [1.29, 1.82) is 0 Å². The molecule has 1 unspecified atom stereocenters. The standard InChI is InChI=1S/C12H22N4S/c1-8(2)11-10(13)12(15(4)14-11)16-5-6-17-9(3)7-16/h8-9H,5-7,13H2,1-4H3. The summed E-state index contributed by atoms with van der Waals surface area (Å²) in [6.45, 7) is 8.67. The molecule has 1 fully saturated rings. The van der Waals surface area contributed by atoms with E-state index in [-0.39, 0.29) is 0 Å². The number of aromatic nitrogens is 2. The zero-order valence-corrected chi connectivity index (χ0v) is 11.9. The average Bonchev–Trinajstić information content (AvgIpc) is 2.54. The van der Waals surface area contributed by atoms with Crippen LogP contribution < -0.4 is 10.6 Å². The molecule has 1 aliphatic heterocycles. The Bertz CT molecular complexity index is 399. The number of thioether (sulfide) groups is 1. The molecule has 1 atom stereocenters. The lowest BCUT2D eigenvalue weighted by Gasteiger charge is -2.32. The predicted octanol–water partition coefficient (Wildman–Crippen LogP) is 2.07. The van der Waals surface area contributed by atoms with Crippen molar-refractivity contribution < 1.29 is 0 Å². The first kappa shape index (κ1) is 12.6. The molecule has 0 amide bonds. The number of nitrogens with zero attached hydrogens (tertiary/aromatic N) is 3. The Kier molecular flexibility index (Phi) is 3.56. The van der Waals surface area contributed by atoms with Crippen LogP contribution >= 0.6 is 11.8 Å². The van der Waals surface area contributed by atoms with Gasteiger partial charge in [0.2, 0.25) is 0 Å². The van der Waals surface area contributed by atoms with Crippen LogP contribution in [-0.4, -0.2) is 33.9 Å². The molecule has 1 aromatic heterocycles. The van der Waals surface area contributed by atoms with E-state index in [0.717, 1.165) is 30.3 Å². The van der Waals surface area contributed by atoms with Gasteiger partial charge in [-0.1, -0.05) is 20.8 Å². The molecule has 5 heteroatoms. The van der Waals surface area contributed by atoms with Crippen LogP contribution in [0.1, 0.15) is 32.4 Å². The summed E-state index contributed by atoms with van der Waals surface area (Å²) in [7, 11) is 1.99. The molecule has 1 aliphatic rings. The Balaban J connectivity index is 2.31. The van der Waals surface area contributed by atoms with E-state index in [0.29, 0.717) is 11.2 Å². The monoisotopic (exact) mass is 254 g/mol. The fourth-order valence-electron chi connectivity index (χ4n) is 2.36. The van der Waals surface area contributed by atoms with Gasteiger partial charge in [-0.25, -0.2) is 0 Å². The van der Waals surface area contributed by atoms with Crippen LogP contribution in [0.2, 0.25) is 0 Å². The number of hydrogen-bond acceptors (Lipinski definition) is 4. The van der Waals surface area contributed by atoms with E-state index in [2.05, 4.69) is 30.8 Å². The van der Waals surface area contributed by atoms with E-state index in [1.807, 2.05) is 23.5 Å². The lowest BCUT2D eigenvalue weighted by molar-refractivity contribution is 0.679. The maximum atomic E-state index is 6.25. The van der Waals surface area contributed by atoms with Crippen LogP contribution in [0, 0.1) is 0 Å². The summed E-state index contributed by atoms with van der Waals surface area (Å²) < 4.78 is 1.94. The fourth-order valence-corrected chi connectivity index (χ4v) is 3.38. The van der Waals surface area contributed by atoms with Crippen molar-refractivity contribution >= 4 is 23.3 Å². The minimum absolute atomic E-state index is 0.381. The minimum Gasteiger partial charge on any atom is -0.394 e. The van der Waals surface area contributed by atoms with Gasteiger partial charge in [0.1, 0.15) is 5.82 Å². The topological polar surface area (TPSA) is 47.1 Å². The van der Waals surface area contributed by atoms with Crippen molar-refractivity contribution in [3.63, 3.8) is 0 Å². The molecular weight excluding hydrogens is 232 g/mol. The second-order valence-corrected chi connectivity index (χ2v) is 6.57. The van der Waals surface area contributed by atoms with Crippen LogP contribution in [0.25, 0.3) is 0 Å². The van der Waals surface area contributed by atoms with Crippen molar-refractivity contribution in [2.75, 3.05) is 29.5 Å². The number of nitrogens with two attached hydrogens (primary N) is 1. The quantitative estimate of drug-likeness (QED) is 0.877. The molecule has 0 aliphatic carbocycles. The molecule has 0 spiro atoms. The summed E-state index contributed by atoms with van der Waals surface area (Å²) in [4.78, 5) is 2.37. The Labute approximate surface area is 108 Å². The highest BCUT2D eigenvalue weighted by Gasteiger charge is 2.24. The van der Waals surface area contributed by atoms with Gasteiger partial charge < -0.3 is 10.6 Å². The van der Waals surface area contributed by atoms with Crippen LogP contribution in [-0.2, 0) is 7.05 Å². The normalized spacial score (nSPS) is 21.2. The Morgan fingerprint density at radius 3 is 2.71 bits per heavy atom. The molecule has 0 aromatic carbocycles. The molecule has 4 nitrogen and oxygen atoms in total. The van der Waals surface area contributed by atoms with Gasteiger partial charge in [0.25, 0.3) is 0 Å². The summed E-state index contributed by atoms with van der Waals surface area (Å²) in [6, 6.07) is 0. The third kappa shape index (κ3) is 2.39. The summed E-state index contributed by atoms with van der Waals surface area (Å²) in [6.07, 6.45) is 0. The van der Waals surface area contributed by atoms with Crippen molar-refractivity contribution in [1.82, 2.24) is 9.78 Å². The van der Waals surface area contributed by atoms with E-state index in [1.54, 1.807) is 0 Å². The van der Waals surface area contributed by atoms with Gasteiger partial charge >= 0.3 is 0 Å². The van der Waals surface area contributed by atoms with Gasteiger partial charge in [-0.05, 0) is 5.92 Å². The smallest absolute Gasteiger partial charge is 0.150 e. The summed E-state index contributed by atoms with van der Waals surface area (Å²) in [5, 5.41) is 5.22. The summed E-state index contributed by atoms with van der Waals surface area (Å²) in [5.41, 5.74) is 8.13. The number of aryl methyl sites for hydroxylation is 1. The fraction of sp³-hybridized carbons (Fsp3) is 0.750. The van der Waals surface area contributed by atoms with E-state index >= 15 is 0 Å². The summed E-state index contributed by atoms with van der Waals surface area (Å²) in [5.74, 6) is 2.65. The van der Waals surface area contributed by atoms with Gasteiger partial charge in [-0.3, -0.25) is 4.68 Å². The molecular formula is C12H22N4S. The molecule has 1 saturated heterocycles. The van der Waals surface area contributed by atoms with E-state index in [9.17, 15) is 0 Å². The highest BCUT2D eigenvalue weighted by molar-refractivity contribution is 8.00. The van der Waals surface area contributed by atoms with Crippen LogP contribution in [0.4, 0.5) is 11.5 Å². The SMILES string of the molecule is CC1CN(c2c(N)c(C(C)C)nn2C)CCS1. The van der Waals surface area contributed by atoms with E-state index in [4.69, 9.17) is 5.73 Å². The molecule has 0 bridgehead atoms. The first-order chi connectivity index (χ1) is 8.00. The molecule has 0 saturated carbocycles. The van der Waals surface area contributed by atoms with Gasteiger partial charge in [0, 0.05) is 31.1 Å². The zero-order chi connectivity index (χ0) is 12.6. The van der Waals surface area contributed by atoms with Gasteiger partial charge in [-0.2, -0.15) is 16.9 Å². The molecule has 17 heavy (non-hydrogen) atoms. The van der Waals surface area contributed by atoms with Crippen molar-refractivity contribution in [3.05, 3.63) is 5.69 Å². The first-order valence-corrected chi connectivity index (χ1v) is 7.24. The van der Waals surface area contributed by atoms with Crippen molar-refractivity contribution in [2.24, 2.45) is 7.05 Å². The lowest BCUT2D eigenvalue weighted by atomic mass is 10.1. The largest absolute Gasteiger partial charge is 0.394 e. The molecule has 2 heterocycles. The second kappa shape index (κ2) is 4.80. The van der Waals surface area contributed by atoms with Crippen LogP contribution in [0.15, 0.2) is 0 Å². The maximum Gasteiger partial charge on any atom is 0.150 e. The highest BCUT2D eigenvalue weighted by atomic mass is 32.2. The Morgan fingerprint density at radius 1 is 1.47 bits per heavy atom. The number of rotatable bonds is 2. The number of hydrogen-bond donors (Lipinski definition) is 1. The third-order valence-electron chi connectivity index (χ3n) is 3.17. The molecule has 96 valence electrons.